The number of benzene rings is 2. The van der Waals surface area contributed by atoms with Crippen LogP contribution in [-0.4, -0.2) is 20.3 Å². The summed E-state index contributed by atoms with van der Waals surface area (Å²) >= 11 is 0. The molecule has 0 saturated heterocycles. The number of methoxy groups -OCH3 is 2. The monoisotopic (exact) mass is 271 g/mol. The molecule has 0 amide bonds. The molecule has 0 aliphatic rings. The third kappa shape index (κ3) is 3.05. The molecule has 2 rings (SSSR count). The first-order valence-electron chi connectivity index (χ1n) is 6.73. The molecule has 0 aliphatic heterocycles. The maximum absolute atomic E-state index is 5.21. The summed E-state index contributed by atoms with van der Waals surface area (Å²) in [4.78, 5) is 2.28. The molecule has 20 heavy (non-hydrogen) atoms. The Labute approximate surface area is 120 Å². The van der Waals surface area contributed by atoms with Crippen LogP contribution in [0, 0.1) is 0 Å². The Morgan fingerprint density at radius 2 is 1.05 bits per heavy atom. The van der Waals surface area contributed by atoms with E-state index in [-0.39, 0.29) is 0 Å². The molecule has 0 spiro atoms. The van der Waals surface area contributed by atoms with Crippen molar-refractivity contribution in [3.8, 4) is 11.5 Å². The average molecular weight is 271 g/mol. The number of rotatable bonds is 5. The smallest absolute Gasteiger partial charge is 0.119 e. The highest BCUT2D eigenvalue weighted by molar-refractivity contribution is 5.65. The summed E-state index contributed by atoms with van der Waals surface area (Å²) in [6.07, 6.45) is 0. The van der Waals surface area contributed by atoms with Gasteiger partial charge in [-0.15, -0.1) is 0 Å². The third-order valence-corrected chi connectivity index (χ3v) is 3.22. The summed E-state index contributed by atoms with van der Waals surface area (Å²) < 4.78 is 10.4. The van der Waals surface area contributed by atoms with Crippen LogP contribution >= 0.6 is 0 Å². The van der Waals surface area contributed by atoms with Crippen molar-refractivity contribution in [3.63, 3.8) is 0 Å². The fourth-order valence-corrected chi connectivity index (χ4v) is 2.23. The zero-order valence-electron chi connectivity index (χ0n) is 12.5. The van der Waals surface area contributed by atoms with Gasteiger partial charge in [-0.25, -0.2) is 0 Å². The molecular weight excluding hydrogens is 250 g/mol. The van der Waals surface area contributed by atoms with Crippen LogP contribution in [0.1, 0.15) is 13.8 Å². The van der Waals surface area contributed by atoms with Gasteiger partial charge in [0.2, 0.25) is 0 Å². The summed E-state index contributed by atoms with van der Waals surface area (Å²) in [5.41, 5.74) is 2.29. The van der Waals surface area contributed by atoms with E-state index in [1.54, 1.807) is 14.2 Å². The van der Waals surface area contributed by atoms with Crippen LogP contribution in [-0.2, 0) is 0 Å². The van der Waals surface area contributed by atoms with Crippen molar-refractivity contribution in [1.82, 2.24) is 0 Å². The van der Waals surface area contributed by atoms with Crippen LogP contribution in [0.2, 0.25) is 0 Å². The Hall–Kier alpha value is -2.16. The molecule has 3 heteroatoms. The highest BCUT2D eigenvalue weighted by Crippen LogP contribution is 2.30. The Morgan fingerprint density at radius 3 is 1.30 bits per heavy atom. The SMILES string of the molecule is COc1ccc(N(c2ccc(OC)cc2)C(C)C)cc1. The minimum atomic E-state index is 0.358. The van der Waals surface area contributed by atoms with E-state index in [1.807, 2.05) is 24.3 Å². The number of ether oxygens (including phenoxy) is 2. The van der Waals surface area contributed by atoms with Crippen LogP contribution in [0.15, 0.2) is 48.5 Å². The van der Waals surface area contributed by atoms with Gasteiger partial charge in [0.25, 0.3) is 0 Å². The molecular formula is C17H21NO2. The molecule has 0 atom stereocenters. The molecule has 0 aliphatic carbocycles. The second-order valence-corrected chi connectivity index (χ2v) is 4.86. The number of hydrogen-bond donors (Lipinski definition) is 0. The van der Waals surface area contributed by atoms with E-state index in [9.17, 15) is 0 Å². The van der Waals surface area contributed by atoms with Gasteiger partial charge in [0.05, 0.1) is 14.2 Å². The van der Waals surface area contributed by atoms with Gasteiger partial charge >= 0.3 is 0 Å². The van der Waals surface area contributed by atoms with Crippen LogP contribution in [0.3, 0.4) is 0 Å². The summed E-state index contributed by atoms with van der Waals surface area (Å²) in [5.74, 6) is 1.74. The Bertz CT molecular complexity index is 484. The molecule has 0 aromatic heterocycles. The Balaban J connectivity index is 2.33. The Morgan fingerprint density at radius 1 is 0.700 bits per heavy atom. The van der Waals surface area contributed by atoms with Crippen LogP contribution < -0.4 is 14.4 Å². The zero-order valence-corrected chi connectivity index (χ0v) is 12.5. The molecule has 0 heterocycles. The molecule has 106 valence electrons. The first kappa shape index (κ1) is 14.3. The van der Waals surface area contributed by atoms with E-state index >= 15 is 0 Å². The summed E-state index contributed by atoms with van der Waals surface area (Å²) in [5, 5.41) is 0. The van der Waals surface area contributed by atoms with Crippen molar-refractivity contribution < 1.29 is 9.47 Å². The van der Waals surface area contributed by atoms with E-state index in [0.717, 1.165) is 22.9 Å². The predicted molar refractivity (Wildman–Crippen MR) is 83.3 cm³/mol. The average Bonchev–Trinajstić information content (AvgIpc) is 2.48. The van der Waals surface area contributed by atoms with E-state index in [1.165, 1.54) is 0 Å². The lowest BCUT2D eigenvalue weighted by Gasteiger charge is -2.29. The largest absolute Gasteiger partial charge is 0.497 e. The van der Waals surface area contributed by atoms with Crippen LogP contribution in [0.4, 0.5) is 11.4 Å². The predicted octanol–water partition coefficient (Wildman–Crippen LogP) is 4.25. The molecule has 2 aromatic carbocycles. The topological polar surface area (TPSA) is 21.7 Å². The molecule has 3 nitrogen and oxygen atoms in total. The van der Waals surface area contributed by atoms with Gasteiger partial charge in [-0.2, -0.15) is 0 Å². The van der Waals surface area contributed by atoms with E-state index in [2.05, 4.69) is 43.0 Å². The van der Waals surface area contributed by atoms with Crippen LogP contribution in [0.25, 0.3) is 0 Å². The summed E-state index contributed by atoms with van der Waals surface area (Å²) in [7, 11) is 3.36. The van der Waals surface area contributed by atoms with Gasteiger partial charge in [0, 0.05) is 17.4 Å². The maximum atomic E-state index is 5.21. The third-order valence-electron chi connectivity index (χ3n) is 3.22. The van der Waals surface area contributed by atoms with E-state index in [4.69, 9.17) is 9.47 Å². The first-order chi connectivity index (χ1) is 9.65. The van der Waals surface area contributed by atoms with E-state index in [0.29, 0.717) is 6.04 Å². The van der Waals surface area contributed by atoms with Crippen molar-refractivity contribution in [2.24, 2.45) is 0 Å². The normalized spacial score (nSPS) is 10.4. The molecule has 0 N–H and O–H groups in total. The van der Waals surface area contributed by atoms with Crippen molar-refractivity contribution >= 4 is 11.4 Å². The highest BCUT2D eigenvalue weighted by atomic mass is 16.5. The zero-order chi connectivity index (χ0) is 14.5. The second-order valence-electron chi connectivity index (χ2n) is 4.86. The van der Waals surface area contributed by atoms with Crippen LogP contribution in [0.5, 0.6) is 11.5 Å². The first-order valence-corrected chi connectivity index (χ1v) is 6.73. The van der Waals surface area contributed by atoms with Gasteiger partial charge in [-0.1, -0.05) is 0 Å². The minimum absolute atomic E-state index is 0.358. The standard InChI is InChI=1S/C17H21NO2/c1-13(2)18(14-5-9-16(19-3)10-6-14)15-7-11-17(20-4)12-8-15/h5-13H,1-4H3. The lowest BCUT2D eigenvalue weighted by molar-refractivity contribution is 0.415. The molecule has 0 fully saturated rings. The highest BCUT2D eigenvalue weighted by Gasteiger charge is 2.13. The van der Waals surface area contributed by atoms with Gasteiger partial charge < -0.3 is 14.4 Å². The van der Waals surface area contributed by atoms with Gasteiger partial charge in [0.15, 0.2) is 0 Å². The van der Waals surface area contributed by atoms with E-state index < -0.39 is 0 Å². The summed E-state index contributed by atoms with van der Waals surface area (Å²) in [6.45, 7) is 4.35. The molecule has 0 radical (unpaired) electrons. The fourth-order valence-electron chi connectivity index (χ4n) is 2.23. The second kappa shape index (κ2) is 6.33. The number of hydrogen-bond acceptors (Lipinski definition) is 3. The Kier molecular flexibility index (Phi) is 4.51. The quantitative estimate of drug-likeness (QED) is 0.811. The van der Waals surface area contributed by atoms with Gasteiger partial charge in [0.1, 0.15) is 11.5 Å². The lowest BCUT2D eigenvalue weighted by atomic mass is 10.2. The van der Waals surface area contributed by atoms with Crippen molar-refractivity contribution in [3.05, 3.63) is 48.5 Å². The van der Waals surface area contributed by atoms with Gasteiger partial charge in [-0.3, -0.25) is 0 Å². The lowest BCUT2D eigenvalue weighted by Crippen LogP contribution is -2.25. The maximum Gasteiger partial charge on any atom is 0.119 e. The number of anilines is 2. The minimum Gasteiger partial charge on any atom is -0.497 e. The molecule has 0 saturated carbocycles. The van der Waals surface area contributed by atoms with Crippen molar-refractivity contribution in [2.75, 3.05) is 19.1 Å². The summed E-state index contributed by atoms with van der Waals surface area (Å²) in [6, 6.07) is 16.6. The number of nitrogens with zero attached hydrogens (tertiary/aromatic N) is 1. The molecule has 0 unspecified atom stereocenters. The fraction of sp³-hybridized carbons (Fsp3) is 0.294. The molecule has 2 aromatic rings. The van der Waals surface area contributed by atoms with Crippen molar-refractivity contribution in [2.45, 2.75) is 19.9 Å². The van der Waals surface area contributed by atoms with Gasteiger partial charge in [-0.05, 0) is 62.4 Å². The van der Waals surface area contributed by atoms with Crippen molar-refractivity contribution in [1.29, 1.82) is 0 Å². The molecule has 0 bridgehead atoms.